The second-order valence-electron chi connectivity index (χ2n) is 6.09. The molecule has 2 N–H and O–H groups in total. The number of aryl methyl sites for hydroxylation is 1. The normalized spacial score (nSPS) is 10.5. The van der Waals surface area contributed by atoms with Gasteiger partial charge in [0.2, 0.25) is 0 Å². The van der Waals surface area contributed by atoms with Crippen LogP contribution in [-0.4, -0.2) is 30.3 Å². The van der Waals surface area contributed by atoms with E-state index in [1.54, 1.807) is 26.4 Å². The van der Waals surface area contributed by atoms with Gasteiger partial charge in [-0.2, -0.15) is 5.10 Å². The maximum Gasteiger partial charge on any atom is 0.269 e. The van der Waals surface area contributed by atoms with Crippen molar-refractivity contribution in [1.82, 2.24) is 15.5 Å². The molecule has 0 aliphatic heterocycles. The summed E-state index contributed by atoms with van der Waals surface area (Å²) in [7, 11) is 3.18. The van der Waals surface area contributed by atoms with Gasteiger partial charge in [0.05, 0.1) is 19.9 Å². The van der Waals surface area contributed by atoms with Crippen LogP contribution in [0.25, 0.3) is 11.3 Å². The van der Waals surface area contributed by atoms with Gasteiger partial charge in [0, 0.05) is 18.2 Å². The van der Waals surface area contributed by atoms with Crippen LogP contribution in [0, 0.1) is 0 Å². The average Bonchev–Trinajstić information content (AvgIpc) is 3.22. The molecule has 1 amide bonds. The van der Waals surface area contributed by atoms with Crippen LogP contribution >= 0.6 is 0 Å². The predicted octanol–water partition coefficient (Wildman–Crippen LogP) is 3.59. The van der Waals surface area contributed by atoms with Gasteiger partial charge in [-0.05, 0) is 35.7 Å². The second kappa shape index (κ2) is 8.40. The first-order valence-electron chi connectivity index (χ1n) is 8.78. The molecule has 1 heterocycles. The molecule has 3 rings (SSSR count). The molecule has 140 valence electrons. The van der Waals surface area contributed by atoms with Crippen molar-refractivity contribution in [3.63, 3.8) is 0 Å². The molecule has 2 aromatic carbocycles. The molecule has 0 radical (unpaired) electrons. The number of ether oxygens (including phenoxy) is 2. The fraction of sp³-hybridized carbons (Fsp3) is 0.238. The number of H-pyrrole nitrogens is 1. The van der Waals surface area contributed by atoms with E-state index in [1.165, 1.54) is 5.56 Å². The minimum absolute atomic E-state index is 0.208. The van der Waals surface area contributed by atoms with Crippen LogP contribution in [0.15, 0.2) is 48.5 Å². The molecule has 27 heavy (non-hydrogen) atoms. The van der Waals surface area contributed by atoms with Crippen molar-refractivity contribution < 1.29 is 14.3 Å². The smallest absolute Gasteiger partial charge is 0.269 e. The van der Waals surface area contributed by atoms with E-state index in [0.717, 1.165) is 17.5 Å². The number of rotatable bonds is 7. The van der Waals surface area contributed by atoms with Crippen LogP contribution in [-0.2, 0) is 13.0 Å². The van der Waals surface area contributed by atoms with E-state index in [9.17, 15) is 4.79 Å². The van der Waals surface area contributed by atoms with Gasteiger partial charge in [0.1, 0.15) is 17.2 Å². The Morgan fingerprint density at radius 3 is 2.44 bits per heavy atom. The highest BCUT2D eigenvalue weighted by Crippen LogP contribution is 2.32. The SMILES string of the molecule is CCc1ccc(CNC(=O)c2cc(-c3ccc(OC)cc3OC)n[nH]2)cc1. The topological polar surface area (TPSA) is 76.2 Å². The molecule has 6 heteroatoms. The summed E-state index contributed by atoms with van der Waals surface area (Å²) < 4.78 is 10.6. The monoisotopic (exact) mass is 365 g/mol. The van der Waals surface area contributed by atoms with Gasteiger partial charge < -0.3 is 14.8 Å². The predicted molar refractivity (Wildman–Crippen MR) is 104 cm³/mol. The van der Waals surface area contributed by atoms with Crippen LogP contribution in [0.3, 0.4) is 0 Å². The molecule has 0 atom stereocenters. The van der Waals surface area contributed by atoms with Gasteiger partial charge >= 0.3 is 0 Å². The number of carbonyl (C=O) groups is 1. The second-order valence-corrected chi connectivity index (χ2v) is 6.09. The number of benzene rings is 2. The van der Waals surface area contributed by atoms with Crippen molar-refractivity contribution in [1.29, 1.82) is 0 Å². The zero-order chi connectivity index (χ0) is 19.2. The Kier molecular flexibility index (Phi) is 5.76. The lowest BCUT2D eigenvalue weighted by atomic mass is 10.1. The van der Waals surface area contributed by atoms with Crippen molar-refractivity contribution in [2.24, 2.45) is 0 Å². The number of carbonyl (C=O) groups excluding carboxylic acids is 1. The average molecular weight is 365 g/mol. The van der Waals surface area contributed by atoms with Crippen molar-refractivity contribution >= 4 is 5.91 Å². The van der Waals surface area contributed by atoms with Crippen LogP contribution < -0.4 is 14.8 Å². The van der Waals surface area contributed by atoms with E-state index in [1.807, 2.05) is 24.3 Å². The van der Waals surface area contributed by atoms with E-state index in [0.29, 0.717) is 29.4 Å². The molecule has 3 aromatic rings. The van der Waals surface area contributed by atoms with Crippen molar-refractivity contribution in [2.45, 2.75) is 19.9 Å². The molecule has 0 unspecified atom stereocenters. The van der Waals surface area contributed by atoms with E-state index < -0.39 is 0 Å². The minimum atomic E-state index is -0.208. The number of methoxy groups -OCH3 is 2. The van der Waals surface area contributed by atoms with Crippen molar-refractivity contribution in [3.05, 3.63) is 65.4 Å². The van der Waals surface area contributed by atoms with Crippen LogP contribution in [0.4, 0.5) is 0 Å². The van der Waals surface area contributed by atoms with E-state index in [-0.39, 0.29) is 5.91 Å². The standard InChI is InChI=1S/C21H23N3O3/c1-4-14-5-7-15(8-6-14)13-22-21(25)19-12-18(23-24-19)17-10-9-16(26-2)11-20(17)27-3/h5-12H,4,13H2,1-3H3,(H,22,25)(H,23,24). The lowest BCUT2D eigenvalue weighted by molar-refractivity contribution is 0.0946. The first kappa shape index (κ1) is 18.5. The number of nitrogens with one attached hydrogen (secondary N) is 2. The van der Waals surface area contributed by atoms with E-state index in [2.05, 4.69) is 34.6 Å². The van der Waals surface area contributed by atoms with Crippen LogP contribution in [0.1, 0.15) is 28.5 Å². The summed E-state index contributed by atoms with van der Waals surface area (Å²) in [6.45, 7) is 2.58. The van der Waals surface area contributed by atoms with E-state index in [4.69, 9.17) is 9.47 Å². The molecule has 0 aliphatic rings. The van der Waals surface area contributed by atoms with Gasteiger partial charge in [-0.15, -0.1) is 0 Å². The maximum absolute atomic E-state index is 12.4. The first-order chi connectivity index (χ1) is 13.1. The fourth-order valence-electron chi connectivity index (χ4n) is 2.76. The third-order valence-electron chi connectivity index (χ3n) is 4.39. The number of hydrogen-bond acceptors (Lipinski definition) is 4. The van der Waals surface area contributed by atoms with Crippen LogP contribution in [0.5, 0.6) is 11.5 Å². The van der Waals surface area contributed by atoms with Crippen molar-refractivity contribution in [3.8, 4) is 22.8 Å². The molecule has 0 aliphatic carbocycles. The summed E-state index contributed by atoms with van der Waals surface area (Å²) in [5.74, 6) is 1.11. The van der Waals surface area contributed by atoms with Gasteiger partial charge in [0.15, 0.2) is 0 Å². The summed E-state index contributed by atoms with van der Waals surface area (Å²) in [4.78, 5) is 12.4. The Labute approximate surface area is 158 Å². The maximum atomic E-state index is 12.4. The summed E-state index contributed by atoms with van der Waals surface area (Å²) in [6, 6.07) is 15.4. The molecule has 0 spiro atoms. The number of aromatic nitrogens is 2. The van der Waals surface area contributed by atoms with Gasteiger partial charge in [-0.3, -0.25) is 9.89 Å². The lowest BCUT2D eigenvalue weighted by Crippen LogP contribution is -2.23. The molecular weight excluding hydrogens is 342 g/mol. The first-order valence-corrected chi connectivity index (χ1v) is 8.78. The summed E-state index contributed by atoms with van der Waals surface area (Å²) in [5.41, 5.74) is 4.14. The highest BCUT2D eigenvalue weighted by atomic mass is 16.5. The number of aromatic amines is 1. The lowest BCUT2D eigenvalue weighted by Gasteiger charge is -2.08. The summed E-state index contributed by atoms with van der Waals surface area (Å²) in [6.07, 6.45) is 0.998. The van der Waals surface area contributed by atoms with Gasteiger partial charge in [0.25, 0.3) is 5.91 Å². The number of amides is 1. The Balaban J connectivity index is 1.70. The third-order valence-corrected chi connectivity index (χ3v) is 4.39. The molecule has 0 fully saturated rings. The quantitative estimate of drug-likeness (QED) is 0.671. The van der Waals surface area contributed by atoms with Gasteiger partial charge in [-0.25, -0.2) is 0 Å². The highest BCUT2D eigenvalue weighted by molar-refractivity contribution is 5.93. The zero-order valence-electron chi connectivity index (χ0n) is 15.7. The largest absolute Gasteiger partial charge is 0.497 e. The number of hydrogen-bond donors (Lipinski definition) is 2. The van der Waals surface area contributed by atoms with Gasteiger partial charge in [-0.1, -0.05) is 31.2 Å². The third kappa shape index (κ3) is 4.28. The fourth-order valence-corrected chi connectivity index (χ4v) is 2.76. The molecular formula is C21H23N3O3. The molecule has 6 nitrogen and oxygen atoms in total. The molecule has 0 bridgehead atoms. The Morgan fingerprint density at radius 1 is 1.04 bits per heavy atom. The Morgan fingerprint density at radius 2 is 1.78 bits per heavy atom. The van der Waals surface area contributed by atoms with Crippen molar-refractivity contribution in [2.75, 3.05) is 14.2 Å². The van der Waals surface area contributed by atoms with Crippen LogP contribution in [0.2, 0.25) is 0 Å². The Bertz CT molecular complexity index is 917. The van der Waals surface area contributed by atoms with E-state index >= 15 is 0 Å². The molecule has 1 aromatic heterocycles. The summed E-state index contributed by atoms with van der Waals surface area (Å²) >= 11 is 0. The Hall–Kier alpha value is -3.28. The molecule has 0 saturated carbocycles. The highest BCUT2D eigenvalue weighted by Gasteiger charge is 2.14. The summed E-state index contributed by atoms with van der Waals surface area (Å²) in [5, 5.41) is 9.94. The number of nitrogens with zero attached hydrogens (tertiary/aromatic N) is 1. The molecule has 0 saturated heterocycles. The zero-order valence-corrected chi connectivity index (χ0v) is 15.7. The minimum Gasteiger partial charge on any atom is -0.497 e.